The maximum absolute atomic E-state index is 10.6. The van der Waals surface area contributed by atoms with E-state index in [9.17, 15) is 5.11 Å². The molecule has 7 nitrogen and oxygen atoms in total. The maximum Gasteiger partial charge on any atom is 0.194 e. The number of aliphatic hydroxyl groups is 1. The van der Waals surface area contributed by atoms with Crippen molar-refractivity contribution in [3.63, 3.8) is 0 Å². The van der Waals surface area contributed by atoms with Gasteiger partial charge in [0, 0.05) is 26.2 Å². The van der Waals surface area contributed by atoms with Crippen LogP contribution in [0.2, 0.25) is 0 Å². The third-order valence-electron chi connectivity index (χ3n) is 4.45. The molecule has 0 aliphatic carbocycles. The van der Waals surface area contributed by atoms with Crippen molar-refractivity contribution in [3.8, 4) is 17.2 Å². The Morgan fingerprint density at radius 3 is 2.07 bits per heavy atom. The summed E-state index contributed by atoms with van der Waals surface area (Å²) in [6, 6.07) is 13.3. The second kappa shape index (κ2) is 13.2. The maximum atomic E-state index is 10.6. The molecule has 2 rings (SSSR count). The summed E-state index contributed by atoms with van der Waals surface area (Å²) in [5.41, 5.74) is 1.83. The number of guanidine groups is 1. The van der Waals surface area contributed by atoms with E-state index in [-0.39, 0.29) is 30.5 Å². The van der Waals surface area contributed by atoms with Crippen LogP contribution in [0.1, 0.15) is 24.2 Å². The summed E-state index contributed by atoms with van der Waals surface area (Å²) >= 11 is 0. The molecule has 0 radical (unpaired) electrons. The van der Waals surface area contributed by atoms with Gasteiger partial charge in [-0.15, -0.1) is 24.0 Å². The van der Waals surface area contributed by atoms with Crippen LogP contribution in [-0.2, 0) is 6.54 Å². The van der Waals surface area contributed by atoms with Gasteiger partial charge in [-0.2, -0.15) is 0 Å². The number of hydrogen-bond donors (Lipinski definition) is 2. The number of benzene rings is 2. The molecule has 8 heteroatoms. The molecule has 30 heavy (non-hydrogen) atoms. The Kier molecular flexibility index (Phi) is 11.3. The minimum atomic E-state index is -0.776. The van der Waals surface area contributed by atoms with Crippen molar-refractivity contribution in [2.75, 3.05) is 41.5 Å². The van der Waals surface area contributed by atoms with Gasteiger partial charge in [-0.05, 0) is 42.3 Å². The van der Waals surface area contributed by atoms with Crippen LogP contribution in [0.3, 0.4) is 0 Å². The first-order valence-electron chi connectivity index (χ1n) is 9.54. The van der Waals surface area contributed by atoms with Crippen molar-refractivity contribution < 1.29 is 19.3 Å². The molecule has 0 spiro atoms. The standard InChI is InChI=1S/C22H31N3O4.HI/c1-6-23-22(25(2)15-16-7-9-18(27-3)10-8-16)24-14-21(26)17-11-19(28-4)13-20(12-17)29-5;/h7-13,21,26H,6,14-15H2,1-5H3,(H,23,24);1H. The van der Waals surface area contributed by atoms with Crippen molar-refractivity contribution in [3.05, 3.63) is 53.6 Å². The summed E-state index contributed by atoms with van der Waals surface area (Å²) in [7, 11) is 6.79. The Morgan fingerprint density at radius 1 is 1.00 bits per heavy atom. The Bertz CT molecular complexity index is 777. The van der Waals surface area contributed by atoms with E-state index >= 15 is 0 Å². The van der Waals surface area contributed by atoms with Crippen molar-refractivity contribution in [1.82, 2.24) is 10.2 Å². The lowest BCUT2D eigenvalue weighted by molar-refractivity contribution is 0.185. The van der Waals surface area contributed by atoms with Gasteiger partial charge < -0.3 is 29.5 Å². The van der Waals surface area contributed by atoms with Gasteiger partial charge in [0.25, 0.3) is 0 Å². The molecule has 0 bridgehead atoms. The fourth-order valence-electron chi connectivity index (χ4n) is 2.85. The minimum Gasteiger partial charge on any atom is -0.497 e. The molecule has 0 heterocycles. The highest BCUT2D eigenvalue weighted by Crippen LogP contribution is 2.26. The quantitative estimate of drug-likeness (QED) is 0.295. The summed E-state index contributed by atoms with van der Waals surface area (Å²) in [4.78, 5) is 6.62. The summed E-state index contributed by atoms with van der Waals surface area (Å²) in [5.74, 6) is 2.81. The van der Waals surface area contributed by atoms with Gasteiger partial charge in [-0.25, -0.2) is 0 Å². The Hall–Kier alpha value is -2.20. The molecule has 0 aliphatic rings. The predicted molar refractivity (Wildman–Crippen MR) is 130 cm³/mol. The first-order chi connectivity index (χ1) is 14.0. The average molecular weight is 529 g/mol. The van der Waals surface area contributed by atoms with Gasteiger partial charge in [0.2, 0.25) is 0 Å². The van der Waals surface area contributed by atoms with Crippen molar-refractivity contribution in [2.24, 2.45) is 4.99 Å². The summed E-state index contributed by atoms with van der Waals surface area (Å²) < 4.78 is 15.8. The number of aliphatic hydroxyl groups excluding tert-OH is 1. The first-order valence-corrected chi connectivity index (χ1v) is 9.54. The lowest BCUT2D eigenvalue weighted by Gasteiger charge is -2.23. The number of ether oxygens (including phenoxy) is 3. The third kappa shape index (κ3) is 7.56. The second-order valence-corrected chi connectivity index (χ2v) is 6.56. The fraction of sp³-hybridized carbons (Fsp3) is 0.409. The third-order valence-corrected chi connectivity index (χ3v) is 4.45. The van der Waals surface area contributed by atoms with E-state index in [2.05, 4.69) is 10.3 Å². The van der Waals surface area contributed by atoms with E-state index in [0.29, 0.717) is 23.6 Å². The molecular formula is C22H32IN3O4. The highest BCUT2D eigenvalue weighted by atomic mass is 127. The van der Waals surface area contributed by atoms with Gasteiger partial charge in [-0.1, -0.05) is 12.1 Å². The monoisotopic (exact) mass is 529 g/mol. The molecule has 0 amide bonds. The van der Waals surface area contributed by atoms with Crippen LogP contribution < -0.4 is 19.5 Å². The van der Waals surface area contributed by atoms with Gasteiger partial charge in [0.05, 0.1) is 34.0 Å². The largest absolute Gasteiger partial charge is 0.497 e. The first kappa shape index (κ1) is 25.8. The SMILES string of the molecule is CCNC(=NCC(O)c1cc(OC)cc(OC)c1)N(C)Cc1ccc(OC)cc1.I. The molecule has 0 aromatic heterocycles. The van der Waals surface area contributed by atoms with E-state index < -0.39 is 6.10 Å². The van der Waals surface area contributed by atoms with Crippen LogP contribution >= 0.6 is 24.0 Å². The zero-order valence-electron chi connectivity index (χ0n) is 18.2. The summed E-state index contributed by atoms with van der Waals surface area (Å²) in [5, 5.41) is 13.9. The molecule has 0 fully saturated rings. The average Bonchev–Trinajstić information content (AvgIpc) is 2.76. The number of nitrogens with one attached hydrogen (secondary N) is 1. The van der Waals surface area contributed by atoms with Crippen molar-refractivity contribution >= 4 is 29.9 Å². The lowest BCUT2D eigenvalue weighted by atomic mass is 10.1. The van der Waals surface area contributed by atoms with Crippen LogP contribution in [0.15, 0.2) is 47.5 Å². The van der Waals surface area contributed by atoms with Crippen LogP contribution in [0.25, 0.3) is 0 Å². The van der Waals surface area contributed by atoms with Crippen molar-refractivity contribution in [1.29, 1.82) is 0 Å². The van der Waals surface area contributed by atoms with Crippen LogP contribution in [-0.4, -0.2) is 57.4 Å². The van der Waals surface area contributed by atoms with E-state index in [1.165, 1.54) is 0 Å². The number of methoxy groups -OCH3 is 3. The molecular weight excluding hydrogens is 497 g/mol. The smallest absolute Gasteiger partial charge is 0.194 e. The van der Waals surface area contributed by atoms with E-state index in [4.69, 9.17) is 14.2 Å². The molecule has 2 aromatic rings. The molecule has 1 atom stereocenters. The zero-order valence-corrected chi connectivity index (χ0v) is 20.5. The van der Waals surface area contributed by atoms with Crippen LogP contribution in [0.4, 0.5) is 0 Å². The van der Waals surface area contributed by atoms with Gasteiger partial charge >= 0.3 is 0 Å². The van der Waals surface area contributed by atoms with E-state index in [1.54, 1.807) is 39.5 Å². The van der Waals surface area contributed by atoms with E-state index in [0.717, 1.165) is 23.8 Å². The molecule has 0 saturated carbocycles. The minimum absolute atomic E-state index is 0. The molecule has 2 N–H and O–H groups in total. The number of halogens is 1. The zero-order chi connectivity index (χ0) is 21.2. The highest BCUT2D eigenvalue weighted by Gasteiger charge is 2.13. The van der Waals surface area contributed by atoms with E-state index in [1.807, 2.05) is 43.1 Å². The molecule has 1 unspecified atom stereocenters. The van der Waals surface area contributed by atoms with Gasteiger partial charge in [0.15, 0.2) is 5.96 Å². The molecule has 166 valence electrons. The van der Waals surface area contributed by atoms with Crippen LogP contribution in [0.5, 0.6) is 17.2 Å². The Balaban J connectivity index is 0.00000450. The number of aliphatic imine (C=N–C) groups is 1. The van der Waals surface area contributed by atoms with Gasteiger partial charge in [-0.3, -0.25) is 4.99 Å². The molecule has 0 aliphatic heterocycles. The predicted octanol–water partition coefficient (Wildman–Crippen LogP) is 3.46. The number of hydrogen-bond acceptors (Lipinski definition) is 5. The van der Waals surface area contributed by atoms with Gasteiger partial charge in [0.1, 0.15) is 17.2 Å². The fourth-order valence-corrected chi connectivity index (χ4v) is 2.85. The highest BCUT2D eigenvalue weighted by molar-refractivity contribution is 14.0. The Morgan fingerprint density at radius 2 is 1.57 bits per heavy atom. The van der Waals surface area contributed by atoms with Crippen LogP contribution in [0, 0.1) is 0 Å². The van der Waals surface area contributed by atoms with Crippen molar-refractivity contribution in [2.45, 2.75) is 19.6 Å². The molecule has 0 saturated heterocycles. The number of nitrogens with zero attached hydrogens (tertiary/aromatic N) is 2. The summed E-state index contributed by atoms with van der Waals surface area (Å²) in [6.45, 7) is 3.64. The Labute approximate surface area is 196 Å². The topological polar surface area (TPSA) is 75.6 Å². The normalized spacial score (nSPS) is 11.9. The lowest BCUT2D eigenvalue weighted by Crippen LogP contribution is -2.38. The molecule has 2 aromatic carbocycles. The second-order valence-electron chi connectivity index (χ2n) is 6.56. The summed E-state index contributed by atoms with van der Waals surface area (Å²) in [6.07, 6.45) is -0.776. The number of rotatable bonds is 9.